The summed E-state index contributed by atoms with van der Waals surface area (Å²) in [6.45, 7) is 0.230. The molecule has 2 aliphatic rings. The average molecular weight is 333 g/mol. The van der Waals surface area contributed by atoms with E-state index >= 15 is 0 Å². The quantitative estimate of drug-likeness (QED) is 0.728. The van der Waals surface area contributed by atoms with Gasteiger partial charge in [-0.25, -0.2) is 0 Å². The number of rotatable bonds is 5. The fourth-order valence-corrected chi connectivity index (χ4v) is 3.35. The van der Waals surface area contributed by atoms with Crippen molar-refractivity contribution < 1.29 is 14.7 Å². The molecule has 0 bridgehead atoms. The summed E-state index contributed by atoms with van der Waals surface area (Å²) >= 11 is 1.46. The molecule has 0 radical (unpaired) electrons. The largest absolute Gasteiger partial charge is 0.394 e. The van der Waals surface area contributed by atoms with Crippen molar-refractivity contribution in [1.29, 1.82) is 0 Å². The summed E-state index contributed by atoms with van der Waals surface area (Å²) < 4.78 is 0. The Kier molecular flexibility index (Phi) is 4.68. The molecular weight excluding hydrogens is 314 g/mol. The Morgan fingerprint density at radius 2 is 2.04 bits per heavy atom. The number of benzene rings is 1. The Morgan fingerprint density at radius 1 is 1.30 bits per heavy atom. The predicted molar refractivity (Wildman–Crippen MR) is 89.3 cm³/mol. The molecule has 1 aliphatic carbocycles. The summed E-state index contributed by atoms with van der Waals surface area (Å²) in [5.74, 6) is 0.194. The second-order valence-electron chi connectivity index (χ2n) is 5.68. The third kappa shape index (κ3) is 3.40. The molecule has 1 aromatic rings. The van der Waals surface area contributed by atoms with Crippen molar-refractivity contribution in [2.45, 2.75) is 24.3 Å². The van der Waals surface area contributed by atoms with Gasteiger partial charge in [-0.05, 0) is 18.4 Å². The number of hydrogen-bond donors (Lipinski definition) is 3. The Labute approximate surface area is 138 Å². The maximum atomic E-state index is 12.6. The third-order valence-electron chi connectivity index (χ3n) is 4.13. The highest BCUT2D eigenvalue weighted by molar-refractivity contribution is 8.14. The van der Waals surface area contributed by atoms with Gasteiger partial charge in [-0.15, -0.1) is 0 Å². The molecule has 1 aliphatic heterocycles. The van der Waals surface area contributed by atoms with E-state index in [1.807, 2.05) is 30.3 Å². The van der Waals surface area contributed by atoms with Gasteiger partial charge in [0.15, 0.2) is 5.17 Å². The molecule has 3 rings (SSSR count). The minimum atomic E-state index is -0.965. The number of carbonyl (C=O) groups is 2. The average Bonchev–Trinajstić information content (AvgIpc) is 3.24. The third-order valence-corrected chi connectivity index (χ3v) is 5.02. The molecule has 7 heteroatoms. The first-order chi connectivity index (χ1) is 11.2. The van der Waals surface area contributed by atoms with Gasteiger partial charge in [-0.3, -0.25) is 14.6 Å². The van der Waals surface area contributed by atoms with Gasteiger partial charge in [-0.1, -0.05) is 42.1 Å². The highest BCUT2D eigenvalue weighted by atomic mass is 32.2. The summed E-state index contributed by atoms with van der Waals surface area (Å²) in [5, 5.41) is 15.3. The highest BCUT2D eigenvalue weighted by Gasteiger charge is 2.51. The van der Waals surface area contributed by atoms with E-state index in [4.69, 9.17) is 0 Å². The molecule has 2 amide bonds. The number of amidine groups is 1. The molecule has 23 heavy (non-hydrogen) atoms. The summed E-state index contributed by atoms with van der Waals surface area (Å²) in [4.78, 5) is 28.9. The number of aliphatic hydroxyl groups is 1. The van der Waals surface area contributed by atoms with Crippen molar-refractivity contribution in [3.8, 4) is 0 Å². The highest BCUT2D eigenvalue weighted by Crippen LogP contribution is 2.48. The zero-order valence-electron chi connectivity index (χ0n) is 12.6. The molecule has 3 N–H and O–H groups in total. The van der Waals surface area contributed by atoms with Gasteiger partial charge < -0.3 is 15.7 Å². The number of nitrogens with zero attached hydrogens (tertiary/aromatic N) is 1. The molecule has 1 heterocycles. The van der Waals surface area contributed by atoms with Crippen LogP contribution in [0, 0.1) is 0 Å². The Morgan fingerprint density at radius 3 is 2.61 bits per heavy atom. The number of thioether (sulfide) groups is 1. The van der Waals surface area contributed by atoms with Crippen molar-refractivity contribution in [1.82, 2.24) is 10.6 Å². The molecule has 0 saturated heterocycles. The minimum absolute atomic E-state index is 0.209. The molecule has 6 nitrogen and oxygen atoms in total. The van der Waals surface area contributed by atoms with Crippen LogP contribution in [0.25, 0.3) is 0 Å². The number of hydrogen-bond acceptors (Lipinski definition) is 5. The zero-order valence-corrected chi connectivity index (χ0v) is 13.4. The molecule has 1 aromatic carbocycles. The lowest BCUT2D eigenvalue weighted by Gasteiger charge is -2.21. The number of nitrogens with one attached hydrogen (secondary N) is 2. The fraction of sp³-hybridized carbons (Fsp3) is 0.438. The Hall–Kier alpha value is -1.86. The minimum Gasteiger partial charge on any atom is -0.394 e. The fourth-order valence-electron chi connectivity index (χ4n) is 2.62. The van der Waals surface area contributed by atoms with E-state index in [2.05, 4.69) is 15.6 Å². The van der Waals surface area contributed by atoms with E-state index in [-0.39, 0.29) is 5.91 Å². The van der Waals surface area contributed by atoms with E-state index in [9.17, 15) is 14.7 Å². The molecular formula is C16H19N3O3S. The van der Waals surface area contributed by atoms with Crippen molar-refractivity contribution in [2.75, 3.05) is 18.9 Å². The molecule has 1 unspecified atom stereocenters. The van der Waals surface area contributed by atoms with Crippen LogP contribution in [0.1, 0.15) is 18.4 Å². The first-order valence-electron chi connectivity index (χ1n) is 7.61. The summed E-state index contributed by atoms with van der Waals surface area (Å²) in [5.41, 5.74) is 0.388. The van der Waals surface area contributed by atoms with Gasteiger partial charge in [0.05, 0.1) is 18.6 Å². The zero-order chi connectivity index (χ0) is 16.3. The normalized spacial score (nSPS) is 19.6. The van der Waals surface area contributed by atoms with Gasteiger partial charge >= 0.3 is 0 Å². The SMILES string of the molecule is O=C(NC1=NCCS1)C(CO)NC(=O)C1(c2ccccc2)CC1. The van der Waals surface area contributed by atoms with Gasteiger partial charge in [0.1, 0.15) is 6.04 Å². The number of aliphatic imine (C=N–C) groups is 1. The number of amides is 2. The van der Waals surface area contributed by atoms with Crippen LogP contribution in [-0.4, -0.2) is 47.0 Å². The van der Waals surface area contributed by atoms with Gasteiger partial charge in [0.25, 0.3) is 5.91 Å². The van der Waals surface area contributed by atoms with E-state index in [0.29, 0.717) is 11.7 Å². The van der Waals surface area contributed by atoms with Crippen LogP contribution in [0.4, 0.5) is 0 Å². The molecule has 0 spiro atoms. The Balaban J connectivity index is 1.64. The Bertz CT molecular complexity index is 629. The predicted octanol–water partition coefficient (Wildman–Crippen LogP) is 0.414. The monoisotopic (exact) mass is 333 g/mol. The summed E-state index contributed by atoms with van der Waals surface area (Å²) in [6.07, 6.45) is 1.51. The van der Waals surface area contributed by atoms with Crippen molar-refractivity contribution in [3.63, 3.8) is 0 Å². The van der Waals surface area contributed by atoms with Gasteiger partial charge in [0.2, 0.25) is 5.91 Å². The summed E-state index contributed by atoms with van der Waals surface area (Å²) in [6, 6.07) is 8.58. The van der Waals surface area contributed by atoms with Crippen LogP contribution in [0.5, 0.6) is 0 Å². The molecule has 1 atom stereocenters. The molecule has 0 aromatic heterocycles. The van der Waals surface area contributed by atoms with Crippen molar-refractivity contribution in [2.24, 2.45) is 4.99 Å². The van der Waals surface area contributed by atoms with Gasteiger partial charge in [-0.2, -0.15) is 0 Å². The number of aliphatic hydroxyl groups excluding tert-OH is 1. The van der Waals surface area contributed by atoms with E-state index in [0.717, 1.165) is 24.2 Å². The van der Waals surface area contributed by atoms with Crippen LogP contribution < -0.4 is 10.6 Å². The maximum Gasteiger partial charge on any atom is 0.250 e. The summed E-state index contributed by atoms with van der Waals surface area (Å²) in [7, 11) is 0. The van der Waals surface area contributed by atoms with Crippen LogP contribution in [0.15, 0.2) is 35.3 Å². The number of carbonyl (C=O) groups excluding carboxylic acids is 2. The van der Waals surface area contributed by atoms with Crippen molar-refractivity contribution in [3.05, 3.63) is 35.9 Å². The maximum absolute atomic E-state index is 12.6. The standard InChI is InChI=1S/C16H19N3O3S/c20-10-12(13(21)19-15-17-8-9-23-15)18-14(22)16(6-7-16)11-4-2-1-3-5-11/h1-5,12,20H,6-10H2,(H,18,22)(H,17,19,21). The van der Waals surface area contributed by atoms with Crippen molar-refractivity contribution >= 4 is 28.7 Å². The molecule has 122 valence electrons. The van der Waals surface area contributed by atoms with Crippen LogP contribution in [0.2, 0.25) is 0 Å². The lowest BCUT2D eigenvalue weighted by molar-refractivity contribution is -0.130. The van der Waals surface area contributed by atoms with E-state index < -0.39 is 24.0 Å². The molecule has 1 saturated carbocycles. The smallest absolute Gasteiger partial charge is 0.250 e. The lowest BCUT2D eigenvalue weighted by Crippen LogP contribution is -2.52. The first kappa shape index (κ1) is 16.0. The second-order valence-corrected chi connectivity index (χ2v) is 6.76. The topological polar surface area (TPSA) is 90.8 Å². The van der Waals surface area contributed by atoms with Crippen LogP contribution in [-0.2, 0) is 15.0 Å². The van der Waals surface area contributed by atoms with Crippen LogP contribution in [0.3, 0.4) is 0 Å². The lowest BCUT2D eigenvalue weighted by atomic mass is 9.94. The molecule has 1 fully saturated rings. The second kappa shape index (κ2) is 6.72. The van der Waals surface area contributed by atoms with E-state index in [1.54, 1.807) is 0 Å². The van der Waals surface area contributed by atoms with Crippen LogP contribution >= 0.6 is 11.8 Å². The van der Waals surface area contributed by atoms with E-state index in [1.165, 1.54) is 11.8 Å². The first-order valence-corrected chi connectivity index (χ1v) is 8.60. The van der Waals surface area contributed by atoms with Gasteiger partial charge in [0, 0.05) is 5.75 Å².